The summed E-state index contributed by atoms with van der Waals surface area (Å²) in [5.41, 5.74) is 3.57. The molecule has 5 atom stereocenters. The standard InChI is InChI=1S/C28H32N2O9/c1-4-5-8-39-19(32)7-6-13-11-17(30(2)3)16-10-14-9-15-12-18(31)22(27(29)37)26(36)28(15,38)25(35)20(14)24(34)21(16)23(13)33/h6-7,11,14-15,20,22,33,38H,4-5,8-10,12H2,1-3H3,(H2,29,37)/t14-,15+,20?,22?,28+/m1/s1. The molecule has 0 bridgehead atoms. The summed E-state index contributed by atoms with van der Waals surface area (Å²) >= 11 is 0. The molecule has 1 amide bonds. The molecule has 2 unspecified atom stereocenters. The molecule has 11 heteroatoms. The quantitative estimate of drug-likeness (QED) is 0.193. The predicted octanol–water partition coefficient (Wildman–Crippen LogP) is 0.749. The van der Waals surface area contributed by atoms with Crippen LogP contribution in [-0.4, -0.2) is 71.5 Å². The van der Waals surface area contributed by atoms with Gasteiger partial charge in [-0.25, -0.2) is 4.79 Å². The molecule has 1 aromatic carbocycles. The molecule has 2 saturated carbocycles. The lowest BCUT2D eigenvalue weighted by Crippen LogP contribution is -2.68. The van der Waals surface area contributed by atoms with Crippen molar-refractivity contribution >= 4 is 46.8 Å². The molecule has 0 aliphatic heterocycles. The molecule has 39 heavy (non-hydrogen) atoms. The zero-order valence-corrected chi connectivity index (χ0v) is 22.1. The molecular formula is C28H32N2O9. The summed E-state index contributed by atoms with van der Waals surface area (Å²) in [7, 11) is 3.48. The number of fused-ring (bicyclic) bond motifs is 3. The molecule has 4 N–H and O–H groups in total. The van der Waals surface area contributed by atoms with Gasteiger partial charge in [-0.3, -0.25) is 24.0 Å². The van der Waals surface area contributed by atoms with Crippen LogP contribution in [-0.2, 0) is 35.1 Å². The van der Waals surface area contributed by atoms with Crippen molar-refractivity contribution in [2.45, 2.75) is 44.6 Å². The van der Waals surface area contributed by atoms with Crippen LogP contribution in [0.15, 0.2) is 12.1 Å². The number of carbonyl (C=O) groups excluding carboxylic acids is 6. The van der Waals surface area contributed by atoms with Crippen molar-refractivity contribution in [3.63, 3.8) is 0 Å². The number of nitrogens with two attached hydrogens (primary N) is 1. The maximum absolute atomic E-state index is 13.8. The minimum Gasteiger partial charge on any atom is -0.507 e. The van der Waals surface area contributed by atoms with Crippen molar-refractivity contribution in [2.24, 2.45) is 29.4 Å². The number of benzene rings is 1. The third-order valence-corrected chi connectivity index (χ3v) is 8.03. The van der Waals surface area contributed by atoms with E-state index < -0.39 is 76.5 Å². The number of phenols is 1. The zero-order valence-electron chi connectivity index (χ0n) is 22.1. The molecule has 208 valence electrons. The Bertz CT molecular complexity index is 1310. The monoisotopic (exact) mass is 540 g/mol. The Kier molecular flexibility index (Phi) is 7.48. The van der Waals surface area contributed by atoms with Crippen LogP contribution in [0.5, 0.6) is 5.75 Å². The number of ketones is 4. The van der Waals surface area contributed by atoms with Crippen molar-refractivity contribution in [1.82, 2.24) is 0 Å². The van der Waals surface area contributed by atoms with Crippen LogP contribution in [0.2, 0.25) is 0 Å². The first-order valence-corrected chi connectivity index (χ1v) is 12.9. The van der Waals surface area contributed by atoms with Gasteiger partial charge in [0, 0.05) is 43.8 Å². The number of primary amides is 1. The van der Waals surface area contributed by atoms with E-state index in [1.165, 1.54) is 6.08 Å². The molecule has 2 fully saturated rings. The highest BCUT2D eigenvalue weighted by Gasteiger charge is 2.66. The Hall–Kier alpha value is -3.86. The first-order valence-electron chi connectivity index (χ1n) is 12.9. The van der Waals surface area contributed by atoms with Gasteiger partial charge < -0.3 is 25.6 Å². The molecular weight excluding hydrogens is 508 g/mol. The summed E-state index contributed by atoms with van der Waals surface area (Å²) in [4.78, 5) is 78.6. The van der Waals surface area contributed by atoms with Crippen molar-refractivity contribution in [3.8, 4) is 5.75 Å². The number of phenolic OH excluding ortho intramolecular Hbond substituents is 1. The van der Waals surface area contributed by atoms with Gasteiger partial charge in [0.2, 0.25) is 5.91 Å². The third kappa shape index (κ3) is 4.54. The van der Waals surface area contributed by atoms with Crippen molar-refractivity contribution < 1.29 is 43.7 Å². The number of ether oxygens (including phenoxy) is 1. The van der Waals surface area contributed by atoms with Crippen LogP contribution in [0, 0.1) is 23.7 Å². The molecule has 4 rings (SSSR count). The number of rotatable bonds is 7. The van der Waals surface area contributed by atoms with Gasteiger partial charge in [-0.05, 0) is 42.9 Å². The van der Waals surface area contributed by atoms with Crippen LogP contribution in [0.25, 0.3) is 6.08 Å². The molecule has 0 radical (unpaired) electrons. The van der Waals surface area contributed by atoms with Gasteiger partial charge >= 0.3 is 5.97 Å². The highest BCUT2D eigenvalue weighted by molar-refractivity contribution is 6.31. The third-order valence-electron chi connectivity index (χ3n) is 8.03. The number of amides is 1. The summed E-state index contributed by atoms with van der Waals surface area (Å²) in [5, 5.41) is 22.4. The number of esters is 1. The van der Waals surface area contributed by atoms with Crippen LogP contribution in [0.3, 0.4) is 0 Å². The number of hydrogen-bond donors (Lipinski definition) is 3. The zero-order chi connectivity index (χ0) is 28.8. The molecule has 3 aliphatic rings. The summed E-state index contributed by atoms with van der Waals surface area (Å²) in [5.74, 6) is -11.4. The fourth-order valence-corrected chi connectivity index (χ4v) is 6.08. The second-order valence-electron chi connectivity index (χ2n) is 10.7. The number of Topliss-reactive ketones (excluding diaryl/α,β-unsaturated/α-hetero) is 4. The van der Waals surface area contributed by atoms with Gasteiger partial charge in [0.15, 0.2) is 34.7 Å². The van der Waals surface area contributed by atoms with E-state index in [-0.39, 0.29) is 30.6 Å². The normalized spacial score (nSPS) is 28.1. The summed E-state index contributed by atoms with van der Waals surface area (Å²) in [6.07, 6.45) is 3.78. The number of unbranched alkanes of at least 4 members (excludes halogenated alkanes) is 1. The topological polar surface area (TPSA) is 181 Å². The molecule has 0 saturated heterocycles. The van der Waals surface area contributed by atoms with Gasteiger partial charge in [0.05, 0.1) is 18.1 Å². The average Bonchev–Trinajstić information content (AvgIpc) is 2.85. The van der Waals surface area contributed by atoms with Crippen molar-refractivity contribution in [3.05, 3.63) is 28.8 Å². The number of hydrogen-bond acceptors (Lipinski definition) is 10. The van der Waals surface area contributed by atoms with E-state index in [2.05, 4.69) is 0 Å². The van der Waals surface area contributed by atoms with Crippen molar-refractivity contribution in [1.29, 1.82) is 0 Å². The summed E-state index contributed by atoms with van der Waals surface area (Å²) in [6.45, 7) is 2.20. The SMILES string of the molecule is CCCCOC(=O)C=Cc1cc(N(C)C)c2c(c1O)C(=O)C1C(=O)[C@]3(O)C(=O)C(C(N)=O)C(=O)C[C@@H]3C[C@@H]1C2. The van der Waals surface area contributed by atoms with Crippen molar-refractivity contribution in [2.75, 3.05) is 25.6 Å². The predicted molar refractivity (Wildman–Crippen MR) is 138 cm³/mol. The number of carbonyl (C=O) groups is 6. The first kappa shape index (κ1) is 28.2. The van der Waals surface area contributed by atoms with Crippen LogP contribution >= 0.6 is 0 Å². The van der Waals surface area contributed by atoms with Crippen LogP contribution in [0.4, 0.5) is 5.69 Å². The Morgan fingerprint density at radius 3 is 2.49 bits per heavy atom. The second kappa shape index (κ2) is 10.4. The highest BCUT2D eigenvalue weighted by Crippen LogP contribution is 2.51. The molecule has 0 heterocycles. The van der Waals surface area contributed by atoms with Gasteiger partial charge in [-0.1, -0.05) is 13.3 Å². The summed E-state index contributed by atoms with van der Waals surface area (Å²) < 4.78 is 5.10. The number of nitrogens with zero attached hydrogens (tertiary/aromatic N) is 1. The number of aliphatic hydroxyl groups is 1. The molecule has 0 spiro atoms. The molecule has 3 aliphatic carbocycles. The fraction of sp³-hybridized carbons (Fsp3) is 0.500. The number of anilines is 1. The minimum absolute atomic E-state index is 0.0138. The fourth-order valence-electron chi connectivity index (χ4n) is 6.08. The molecule has 0 aromatic heterocycles. The Balaban J connectivity index is 1.76. The lowest BCUT2D eigenvalue weighted by Gasteiger charge is -2.48. The Morgan fingerprint density at radius 2 is 1.87 bits per heavy atom. The lowest BCUT2D eigenvalue weighted by atomic mass is 9.53. The van der Waals surface area contributed by atoms with E-state index >= 15 is 0 Å². The largest absolute Gasteiger partial charge is 0.507 e. The van der Waals surface area contributed by atoms with E-state index in [4.69, 9.17) is 10.5 Å². The Labute approximate surface area is 225 Å². The van der Waals surface area contributed by atoms with Gasteiger partial charge in [-0.15, -0.1) is 0 Å². The second-order valence-corrected chi connectivity index (χ2v) is 10.7. The number of aromatic hydroxyl groups is 1. The van der Waals surface area contributed by atoms with E-state index in [1.807, 2.05) is 6.92 Å². The van der Waals surface area contributed by atoms with Crippen LogP contribution in [0.1, 0.15) is 54.1 Å². The van der Waals surface area contributed by atoms with E-state index in [0.717, 1.165) is 12.5 Å². The lowest BCUT2D eigenvalue weighted by molar-refractivity contribution is -0.175. The Morgan fingerprint density at radius 1 is 1.18 bits per heavy atom. The smallest absolute Gasteiger partial charge is 0.330 e. The van der Waals surface area contributed by atoms with Gasteiger partial charge in [0.25, 0.3) is 0 Å². The summed E-state index contributed by atoms with van der Waals surface area (Å²) in [6, 6.07) is 1.61. The first-order chi connectivity index (χ1) is 18.3. The molecule has 11 nitrogen and oxygen atoms in total. The van der Waals surface area contributed by atoms with Gasteiger partial charge in [-0.2, -0.15) is 0 Å². The maximum atomic E-state index is 13.8. The minimum atomic E-state index is -2.71. The van der Waals surface area contributed by atoms with E-state index in [1.54, 1.807) is 25.1 Å². The van der Waals surface area contributed by atoms with Crippen LogP contribution < -0.4 is 10.6 Å². The van der Waals surface area contributed by atoms with Gasteiger partial charge in [0.1, 0.15) is 5.75 Å². The average molecular weight is 541 g/mol. The maximum Gasteiger partial charge on any atom is 0.330 e. The highest BCUT2D eigenvalue weighted by atomic mass is 16.5. The van der Waals surface area contributed by atoms with E-state index in [0.29, 0.717) is 17.7 Å². The van der Waals surface area contributed by atoms with E-state index in [9.17, 15) is 39.0 Å². The molecule has 1 aromatic rings.